The summed E-state index contributed by atoms with van der Waals surface area (Å²) in [6.45, 7) is 13.7. The highest BCUT2D eigenvalue weighted by molar-refractivity contribution is 5.98. The smallest absolute Gasteiger partial charge is 0.143 e. The van der Waals surface area contributed by atoms with Gasteiger partial charge in [-0.1, -0.05) is 0 Å². The van der Waals surface area contributed by atoms with Crippen LogP contribution in [0, 0.1) is 16.7 Å². The Morgan fingerprint density at radius 1 is 1.00 bits per heavy atom. The Morgan fingerprint density at radius 2 is 1.33 bits per heavy atom. The molecule has 0 spiro atoms. The van der Waals surface area contributed by atoms with Crippen LogP contribution in [0.2, 0.25) is 0 Å². The topological polar surface area (TPSA) is 9.23 Å². The first-order valence-electron chi connectivity index (χ1n) is 4.38. The van der Waals surface area contributed by atoms with Crippen LogP contribution < -0.4 is 0 Å². The second-order valence-electron chi connectivity index (χ2n) is 5.29. The number of hydrogen-bond acceptors (Lipinski definition) is 1. The van der Waals surface area contributed by atoms with Crippen molar-refractivity contribution in [2.75, 3.05) is 6.61 Å². The van der Waals surface area contributed by atoms with Crippen LogP contribution in [0.15, 0.2) is 0 Å². The van der Waals surface area contributed by atoms with E-state index in [0.717, 1.165) is 0 Å². The molecule has 0 rings (SSSR count). The third-order valence-electron chi connectivity index (χ3n) is 2.04. The van der Waals surface area contributed by atoms with Crippen molar-refractivity contribution in [2.45, 2.75) is 41.5 Å². The van der Waals surface area contributed by atoms with E-state index in [1.807, 2.05) is 0 Å². The van der Waals surface area contributed by atoms with Gasteiger partial charge in [0.25, 0.3) is 0 Å². The van der Waals surface area contributed by atoms with Gasteiger partial charge in [0, 0.05) is 0 Å². The van der Waals surface area contributed by atoms with Gasteiger partial charge >= 0.3 is 0 Å². The monoisotopic (exact) mass is 167 g/mol. The second-order valence-corrected chi connectivity index (χ2v) is 5.29. The SMILES string of the molecule is [B-]OC[C+](C(C)(C)C)C(C)(C)C. The molecule has 0 aliphatic carbocycles. The predicted molar refractivity (Wildman–Crippen MR) is 53.9 cm³/mol. The molecule has 1 nitrogen and oxygen atoms in total. The van der Waals surface area contributed by atoms with Crippen LogP contribution in [-0.4, -0.2) is 14.7 Å². The van der Waals surface area contributed by atoms with Crippen molar-refractivity contribution in [3.63, 3.8) is 0 Å². The van der Waals surface area contributed by atoms with Crippen LogP contribution in [-0.2, 0) is 4.65 Å². The maximum Gasteiger partial charge on any atom is 0.143 e. The molecule has 0 aromatic carbocycles. The normalized spacial score (nSPS) is 13.2. The molecule has 0 saturated carbocycles. The standard InChI is InChI=1S/C10H20BO/c1-9(2,3)8(7-12-11)10(4,5)6/h7H2,1-6H3. The van der Waals surface area contributed by atoms with Crippen LogP contribution in [0.4, 0.5) is 0 Å². The third kappa shape index (κ3) is 3.53. The van der Waals surface area contributed by atoms with E-state index < -0.39 is 0 Å². The van der Waals surface area contributed by atoms with Gasteiger partial charge in [0.05, 0.1) is 0 Å². The lowest BCUT2D eigenvalue weighted by Gasteiger charge is -2.31. The largest absolute Gasteiger partial charge is 0.668 e. The molecule has 0 N–H and O–H groups in total. The Labute approximate surface area is 78.3 Å². The van der Waals surface area contributed by atoms with Crippen molar-refractivity contribution in [3.05, 3.63) is 5.92 Å². The zero-order valence-corrected chi connectivity index (χ0v) is 9.19. The molecule has 0 aromatic heterocycles. The minimum atomic E-state index is 0.164. The highest BCUT2D eigenvalue weighted by atomic mass is 16.4. The molecule has 2 heteroatoms. The van der Waals surface area contributed by atoms with E-state index in [9.17, 15) is 0 Å². The van der Waals surface area contributed by atoms with Gasteiger partial charge in [0.15, 0.2) is 0 Å². The van der Waals surface area contributed by atoms with E-state index in [-0.39, 0.29) is 10.8 Å². The van der Waals surface area contributed by atoms with Crippen molar-refractivity contribution in [1.82, 2.24) is 0 Å². The minimum absolute atomic E-state index is 0.164. The molecule has 0 atom stereocenters. The summed E-state index contributed by atoms with van der Waals surface area (Å²) in [6.07, 6.45) is 0. The quantitative estimate of drug-likeness (QED) is 0.453. The Bertz CT molecular complexity index is 116. The summed E-state index contributed by atoms with van der Waals surface area (Å²) in [5, 5.41) is 0. The third-order valence-corrected chi connectivity index (χ3v) is 2.04. The summed E-state index contributed by atoms with van der Waals surface area (Å²) in [4.78, 5) is 0. The molecule has 12 heavy (non-hydrogen) atoms. The second kappa shape index (κ2) is 3.74. The van der Waals surface area contributed by atoms with Gasteiger partial charge in [-0.05, 0) is 41.5 Å². The Balaban J connectivity index is 4.45. The van der Waals surface area contributed by atoms with E-state index >= 15 is 0 Å². The number of rotatable bonds is 2. The van der Waals surface area contributed by atoms with Crippen molar-refractivity contribution in [1.29, 1.82) is 0 Å². The highest BCUT2D eigenvalue weighted by Gasteiger charge is 2.44. The highest BCUT2D eigenvalue weighted by Crippen LogP contribution is 2.41. The summed E-state index contributed by atoms with van der Waals surface area (Å²) < 4.78 is 4.72. The van der Waals surface area contributed by atoms with Gasteiger partial charge in [-0.2, -0.15) is 0 Å². The van der Waals surface area contributed by atoms with Gasteiger partial charge < -0.3 is 12.7 Å². The van der Waals surface area contributed by atoms with Gasteiger partial charge in [0.1, 0.15) is 23.4 Å². The van der Waals surface area contributed by atoms with E-state index in [1.165, 1.54) is 5.92 Å². The molecule has 0 aromatic rings. The molecule has 0 unspecified atom stereocenters. The lowest BCUT2D eigenvalue weighted by molar-refractivity contribution is 0.203. The van der Waals surface area contributed by atoms with Crippen LogP contribution in [0.1, 0.15) is 41.5 Å². The fourth-order valence-corrected chi connectivity index (χ4v) is 1.64. The Morgan fingerprint density at radius 3 is 1.42 bits per heavy atom. The predicted octanol–water partition coefficient (Wildman–Crippen LogP) is 2.75. The van der Waals surface area contributed by atoms with E-state index in [1.54, 1.807) is 0 Å². The first-order valence-corrected chi connectivity index (χ1v) is 4.38. The molecule has 0 fully saturated rings. The Kier molecular flexibility index (Phi) is 3.70. The molecule has 0 amide bonds. The van der Waals surface area contributed by atoms with Crippen molar-refractivity contribution in [3.8, 4) is 0 Å². The molecule has 0 bridgehead atoms. The van der Waals surface area contributed by atoms with Gasteiger partial charge in [0.2, 0.25) is 0 Å². The molecule has 0 aliphatic heterocycles. The zero-order valence-electron chi connectivity index (χ0n) is 9.19. The summed E-state index contributed by atoms with van der Waals surface area (Å²) >= 11 is 0. The van der Waals surface area contributed by atoms with Crippen LogP contribution in [0.3, 0.4) is 0 Å². The fraction of sp³-hybridized carbons (Fsp3) is 0.900. The molecular formula is C10H20BO. The van der Waals surface area contributed by atoms with E-state index in [4.69, 9.17) is 12.7 Å². The lowest BCUT2D eigenvalue weighted by Crippen LogP contribution is -2.33. The lowest BCUT2D eigenvalue weighted by atomic mass is 9.67. The fourth-order valence-electron chi connectivity index (χ4n) is 1.64. The van der Waals surface area contributed by atoms with Crippen LogP contribution in [0.25, 0.3) is 0 Å². The summed E-state index contributed by atoms with van der Waals surface area (Å²) in [5.41, 5.74) is 0.329. The van der Waals surface area contributed by atoms with E-state index in [0.29, 0.717) is 6.61 Å². The molecule has 0 aliphatic rings. The van der Waals surface area contributed by atoms with Crippen molar-refractivity contribution >= 4 is 8.05 Å². The molecule has 0 heterocycles. The maximum absolute atomic E-state index is 5.10. The Hall–Kier alpha value is -0.105. The van der Waals surface area contributed by atoms with Crippen molar-refractivity contribution in [2.24, 2.45) is 10.8 Å². The summed E-state index contributed by atoms with van der Waals surface area (Å²) in [6, 6.07) is 0. The van der Waals surface area contributed by atoms with Gasteiger partial charge in [-0.25, -0.2) is 0 Å². The van der Waals surface area contributed by atoms with Crippen molar-refractivity contribution < 1.29 is 4.65 Å². The van der Waals surface area contributed by atoms with Crippen LogP contribution in [0.5, 0.6) is 0 Å². The summed E-state index contributed by atoms with van der Waals surface area (Å²) in [5.74, 6) is 1.34. The minimum Gasteiger partial charge on any atom is -0.668 e. The molecule has 69 valence electrons. The average molecular weight is 167 g/mol. The van der Waals surface area contributed by atoms with Crippen LogP contribution >= 0.6 is 0 Å². The molecular weight excluding hydrogens is 147 g/mol. The molecule has 0 saturated heterocycles. The first kappa shape index (κ1) is 11.9. The molecule has 3 radical (unpaired) electrons. The maximum atomic E-state index is 5.10. The summed E-state index contributed by atoms with van der Waals surface area (Å²) in [7, 11) is 5.10. The first-order chi connectivity index (χ1) is 5.19. The zero-order chi connectivity index (χ0) is 9.99. The number of hydrogen-bond donors (Lipinski definition) is 0. The van der Waals surface area contributed by atoms with E-state index in [2.05, 4.69) is 41.5 Å². The van der Waals surface area contributed by atoms with Gasteiger partial charge in [-0.3, -0.25) is 0 Å². The van der Waals surface area contributed by atoms with Gasteiger partial charge in [-0.15, -0.1) is 0 Å². The average Bonchev–Trinajstić information content (AvgIpc) is 1.77.